The van der Waals surface area contributed by atoms with Crippen molar-refractivity contribution in [1.82, 2.24) is 9.38 Å². The molecular weight excluding hydrogens is 300 g/mol. The Balaban J connectivity index is 0.00000176. The Labute approximate surface area is 134 Å². The van der Waals surface area contributed by atoms with Crippen LogP contribution in [-0.2, 0) is 4.79 Å². The summed E-state index contributed by atoms with van der Waals surface area (Å²) in [4.78, 5) is 15.0. The molecule has 3 rings (SSSR count). The van der Waals surface area contributed by atoms with Gasteiger partial charge in [0.2, 0.25) is 0 Å². The number of carbonyl (C=O) groups is 1. The van der Waals surface area contributed by atoms with Gasteiger partial charge in [-0.05, 0) is 36.3 Å². The number of pyridine rings is 1. The minimum atomic E-state index is -0.901. The van der Waals surface area contributed by atoms with E-state index in [4.69, 9.17) is 5.11 Å². The van der Waals surface area contributed by atoms with Crippen LogP contribution >= 0.6 is 12.4 Å². The second-order valence-corrected chi connectivity index (χ2v) is 4.85. The zero-order valence-corrected chi connectivity index (χ0v) is 12.7. The molecule has 2 heterocycles. The molecule has 3 aromatic rings. The van der Waals surface area contributed by atoms with Crippen molar-refractivity contribution in [1.29, 1.82) is 0 Å². The Hall–Kier alpha value is -2.59. The molecule has 0 saturated carbocycles. The summed E-state index contributed by atoms with van der Waals surface area (Å²) in [5.41, 5.74) is 4.34. The zero-order chi connectivity index (χ0) is 14.8. The van der Waals surface area contributed by atoms with Crippen LogP contribution in [0, 0.1) is 0 Å². The summed E-state index contributed by atoms with van der Waals surface area (Å²) < 4.78 is 2.02. The zero-order valence-electron chi connectivity index (χ0n) is 11.9. The standard InChI is InChI=1S/C17H14N2O2.ClH/c1-12(17(20)21)9-13-5-7-14(8-6-13)16-4-2-3-15-10-18-11-19(15)16;/h2-11H,1H3,(H,20,21);1H. The van der Waals surface area contributed by atoms with Gasteiger partial charge in [0.15, 0.2) is 0 Å². The van der Waals surface area contributed by atoms with Gasteiger partial charge in [-0.3, -0.25) is 4.40 Å². The number of aliphatic carboxylic acids is 1. The molecule has 2 aromatic heterocycles. The summed E-state index contributed by atoms with van der Waals surface area (Å²) >= 11 is 0. The van der Waals surface area contributed by atoms with Crippen LogP contribution in [0.3, 0.4) is 0 Å². The fourth-order valence-electron chi connectivity index (χ4n) is 2.25. The van der Waals surface area contributed by atoms with Crippen molar-refractivity contribution in [2.24, 2.45) is 0 Å². The second-order valence-electron chi connectivity index (χ2n) is 4.85. The molecule has 0 atom stereocenters. The van der Waals surface area contributed by atoms with Gasteiger partial charge in [0.25, 0.3) is 0 Å². The van der Waals surface area contributed by atoms with E-state index in [1.807, 2.05) is 53.1 Å². The second kappa shape index (κ2) is 6.45. The summed E-state index contributed by atoms with van der Waals surface area (Å²) in [5.74, 6) is -0.901. The Bertz CT molecular complexity index is 835. The predicted octanol–water partition coefficient (Wildman–Crippen LogP) is 3.91. The van der Waals surface area contributed by atoms with Gasteiger partial charge in [-0.25, -0.2) is 9.78 Å². The highest BCUT2D eigenvalue weighted by Gasteiger charge is 2.04. The monoisotopic (exact) mass is 314 g/mol. The lowest BCUT2D eigenvalue weighted by molar-refractivity contribution is -0.132. The van der Waals surface area contributed by atoms with E-state index in [1.165, 1.54) is 0 Å². The number of benzene rings is 1. The van der Waals surface area contributed by atoms with Gasteiger partial charge in [-0.2, -0.15) is 0 Å². The topological polar surface area (TPSA) is 54.6 Å². The number of carboxylic acids is 1. The summed E-state index contributed by atoms with van der Waals surface area (Å²) in [6.07, 6.45) is 5.26. The molecule has 0 radical (unpaired) electrons. The van der Waals surface area contributed by atoms with E-state index in [9.17, 15) is 4.79 Å². The number of aromatic nitrogens is 2. The van der Waals surface area contributed by atoms with E-state index in [0.29, 0.717) is 5.57 Å². The fourth-order valence-corrected chi connectivity index (χ4v) is 2.25. The third kappa shape index (κ3) is 3.02. The lowest BCUT2D eigenvalue weighted by Crippen LogP contribution is -1.95. The van der Waals surface area contributed by atoms with Gasteiger partial charge in [0, 0.05) is 5.57 Å². The van der Waals surface area contributed by atoms with E-state index in [0.717, 1.165) is 22.3 Å². The lowest BCUT2D eigenvalue weighted by Gasteiger charge is -2.06. The van der Waals surface area contributed by atoms with E-state index in [-0.39, 0.29) is 12.4 Å². The van der Waals surface area contributed by atoms with E-state index in [2.05, 4.69) is 4.98 Å². The number of carboxylic acid groups (broad SMARTS) is 1. The molecule has 112 valence electrons. The molecule has 0 bridgehead atoms. The van der Waals surface area contributed by atoms with Crippen LogP contribution in [0.2, 0.25) is 0 Å². The van der Waals surface area contributed by atoms with Crippen molar-refractivity contribution in [2.75, 3.05) is 0 Å². The average molecular weight is 315 g/mol. The molecule has 1 N–H and O–H groups in total. The van der Waals surface area contributed by atoms with Gasteiger partial charge in [0.05, 0.1) is 23.7 Å². The van der Waals surface area contributed by atoms with Crippen LogP contribution in [0.1, 0.15) is 12.5 Å². The van der Waals surface area contributed by atoms with Crippen LogP contribution in [-0.4, -0.2) is 20.5 Å². The van der Waals surface area contributed by atoms with Gasteiger partial charge in [-0.1, -0.05) is 30.3 Å². The maximum Gasteiger partial charge on any atom is 0.331 e. The highest BCUT2D eigenvalue weighted by Crippen LogP contribution is 2.22. The summed E-state index contributed by atoms with van der Waals surface area (Å²) in [5, 5.41) is 8.89. The normalized spacial score (nSPS) is 11.2. The SMILES string of the molecule is CC(=Cc1ccc(-c2cccc3cncn23)cc1)C(=O)O.Cl. The molecule has 0 aliphatic carbocycles. The van der Waals surface area contributed by atoms with Crippen molar-refractivity contribution in [3.8, 4) is 11.3 Å². The number of rotatable bonds is 3. The quantitative estimate of drug-likeness (QED) is 0.746. The number of nitrogens with zero attached hydrogens (tertiary/aromatic N) is 2. The number of imidazole rings is 1. The van der Waals surface area contributed by atoms with Gasteiger partial charge in [0.1, 0.15) is 0 Å². The molecule has 0 saturated heterocycles. The van der Waals surface area contributed by atoms with Crippen molar-refractivity contribution in [3.05, 3.63) is 66.1 Å². The van der Waals surface area contributed by atoms with E-state index in [1.54, 1.807) is 19.3 Å². The van der Waals surface area contributed by atoms with Gasteiger partial charge >= 0.3 is 5.97 Å². The molecule has 0 spiro atoms. The highest BCUT2D eigenvalue weighted by atomic mass is 35.5. The van der Waals surface area contributed by atoms with Crippen molar-refractivity contribution in [2.45, 2.75) is 6.92 Å². The van der Waals surface area contributed by atoms with Crippen LogP contribution in [0.5, 0.6) is 0 Å². The van der Waals surface area contributed by atoms with Crippen LogP contribution in [0.4, 0.5) is 0 Å². The van der Waals surface area contributed by atoms with E-state index < -0.39 is 5.97 Å². The van der Waals surface area contributed by atoms with Crippen molar-refractivity contribution in [3.63, 3.8) is 0 Å². The van der Waals surface area contributed by atoms with Crippen molar-refractivity contribution < 1.29 is 9.90 Å². The molecule has 4 nitrogen and oxygen atoms in total. The smallest absolute Gasteiger partial charge is 0.331 e. The van der Waals surface area contributed by atoms with E-state index >= 15 is 0 Å². The Morgan fingerprint density at radius 3 is 2.59 bits per heavy atom. The highest BCUT2D eigenvalue weighted by molar-refractivity contribution is 5.91. The van der Waals surface area contributed by atoms with Crippen LogP contribution < -0.4 is 0 Å². The summed E-state index contributed by atoms with van der Waals surface area (Å²) in [6.45, 7) is 1.59. The Morgan fingerprint density at radius 2 is 1.91 bits per heavy atom. The minimum absolute atomic E-state index is 0. The number of hydrogen-bond donors (Lipinski definition) is 1. The molecule has 0 amide bonds. The number of halogens is 1. The first-order valence-electron chi connectivity index (χ1n) is 6.58. The van der Waals surface area contributed by atoms with Gasteiger partial charge in [-0.15, -0.1) is 12.4 Å². The van der Waals surface area contributed by atoms with Crippen LogP contribution in [0.15, 0.2) is 60.6 Å². The first-order chi connectivity index (χ1) is 10.1. The Kier molecular flexibility index (Phi) is 4.63. The third-order valence-corrected chi connectivity index (χ3v) is 3.37. The third-order valence-electron chi connectivity index (χ3n) is 3.37. The molecular formula is C17H15ClN2O2. The molecule has 0 aliphatic heterocycles. The molecule has 0 unspecified atom stereocenters. The Morgan fingerprint density at radius 1 is 1.18 bits per heavy atom. The number of fused-ring (bicyclic) bond motifs is 1. The van der Waals surface area contributed by atoms with Crippen LogP contribution in [0.25, 0.3) is 22.9 Å². The largest absolute Gasteiger partial charge is 0.478 e. The minimum Gasteiger partial charge on any atom is -0.478 e. The maximum absolute atomic E-state index is 10.8. The first-order valence-corrected chi connectivity index (χ1v) is 6.58. The molecule has 22 heavy (non-hydrogen) atoms. The number of hydrogen-bond acceptors (Lipinski definition) is 2. The van der Waals surface area contributed by atoms with Crippen molar-refractivity contribution >= 4 is 30.0 Å². The van der Waals surface area contributed by atoms with Gasteiger partial charge < -0.3 is 5.11 Å². The molecule has 5 heteroatoms. The molecule has 1 aromatic carbocycles. The average Bonchev–Trinajstić information content (AvgIpc) is 2.96. The maximum atomic E-state index is 10.8. The first kappa shape index (κ1) is 15.8. The fraction of sp³-hybridized carbons (Fsp3) is 0.0588. The molecule has 0 fully saturated rings. The summed E-state index contributed by atoms with van der Waals surface area (Å²) in [7, 11) is 0. The lowest BCUT2D eigenvalue weighted by atomic mass is 10.1. The summed E-state index contributed by atoms with van der Waals surface area (Å²) in [6, 6.07) is 13.8. The predicted molar refractivity (Wildman–Crippen MR) is 89.2 cm³/mol. The molecule has 0 aliphatic rings.